The summed E-state index contributed by atoms with van der Waals surface area (Å²) in [4.78, 5) is 0. The van der Waals surface area contributed by atoms with Crippen LogP contribution in [0.5, 0.6) is 0 Å². The fraction of sp³-hybridized carbons (Fsp3) is 0.500. The number of benzene rings is 1. The molecule has 0 fully saturated rings. The van der Waals surface area contributed by atoms with Crippen molar-refractivity contribution in [3.05, 3.63) is 47.3 Å². The molecule has 1 N–H and O–H groups in total. The summed E-state index contributed by atoms with van der Waals surface area (Å²) in [7, 11) is 1.91. The standard InChI is InChI=1S/C16H24N4/c1-4-9-17-11-14(10-15-12-20(3)19-18-15)16-8-6-5-7-13(16)2/h5-8,12,14,17H,4,9-11H2,1-3H3. The third kappa shape index (κ3) is 3.90. The van der Waals surface area contributed by atoms with Crippen LogP contribution in [0, 0.1) is 6.92 Å². The maximum atomic E-state index is 4.22. The molecule has 0 amide bonds. The second kappa shape index (κ2) is 7.20. The molecule has 1 heterocycles. The van der Waals surface area contributed by atoms with E-state index in [1.807, 2.05) is 13.2 Å². The first-order chi connectivity index (χ1) is 9.70. The van der Waals surface area contributed by atoms with E-state index in [-0.39, 0.29) is 0 Å². The maximum Gasteiger partial charge on any atom is 0.0833 e. The SMILES string of the molecule is CCCNCC(Cc1cn(C)nn1)c1ccccc1C. The molecule has 0 saturated carbocycles. The fourth-order valence-electron chi connectivity index (χ4n) is 2.53. The van der Waals surface area contributed by atoms with Crippen molar-refractivity contribution in [2.75, 3.05) is 13.1 Å². The lowest BCUT2D eigenvalue weighted by Crippen LogP contribution is -2.24. The minimum atomic E-state index is 0.444. The quantitative estimate of drug-likeness (QED) is 0.787. The zero-order valence-corrected chi connectivity index (χ0v) is 12.6. The zero-order valence-electron chi connectivity index (χ0n) is 12.6. The molecule has 4 nitrogen and oxygen atoms in total. The first-order valence-corrected chi connectivity index (χ1v) is 7.32. The molecule has 0 aliphatic rings. The van der Waals surface area contributed by atoms with E-state index in [1.54, 1.807) is 4.68 Å². The number of hydrogen-bond donors (Lipinski definition) is 1. The topological polar surface area (TPSA) is 42.7 Å². The Kier molecular flexibility index (Phi) is 5.30. The Hall–Kier alpha value is -1.68. The van der Waals surface area contributed by atoms with E-state index < -0.39 is 0 Å². The van der Waals surface area contributed by atoms with Gasteiger partial charge in [0.1, 0.15) is 0 Å². The number of aromatic nitrogens is 3. The van der Waals surface area contributed by atoms with Crippen molar-refractivity contribution in [2.45, 2.75) is 32.6 Å². The van der Waals surface area contributed by atoms with Crippen molar-refractivity contribution < 1.29 is 0 Å². The summed E-state index contributed by atoms with van der Waals surface area (Å²) in [6.45, 7) is 6.41. The molecule has 1 aromatic heterocycles. The number of hydrogen-bond acceptors (Lipinski definition) is 3. The highest BCUT2D eigenvalue weighted by atomic mass is 15.4. The number of aryl methyl sites for hydroxylation is 2. The molecule has 1 atom stereocenters. The predicted molar refractivity (Wildman–Crippen MR) is 81.8 cm³/mol. The Morgan fingerprint density at radius 1 is 1.30 bits per heavy atom. The summed E-state index contributed by atoms with van der Waals surface area (Å²) in [6.07, 6.45) is 4.09. The van der Waals surface area contributed by atoms with Crippen LogP contribution in [0.3, 0.4) is 0 Å². The summed E-state index contributed by atoms with van der Waals surface area (Å²) in [5.41, 5.74) is 3.81. The van der Waals surface area contributed by atoms with Crippen LogP contribution in [0.15, 0.2) is 30.5 Å². The highest BCUT2D eigenvalue weighted by Crippen LogP contribution is 2.22. The van der Waals surface area contributed by atoms with Gasteiger partial charge < -0.3 is 5.32 Å². The summed E-state index contributed by atoms with van der Waals surface area (Å²) in [5, 5.41) is 11.8. The Morgan fingerprint density at radius 2 is 2.10 bits per heavy atom. The molecule has 1 unspecified atom stereocenters. The average Bonchev–Trinajstić information content (AvgIpc) is 2.84. The van der Waals surface area contributed by atoms with Crippen molar-refractivity contribution in [2.24, 2.45) is 7.05 Å². The van der Waals surface area contributed by atoms with Crippen molar-refractivity contribution >= 4 is 0 Å². The first-order valence-electron chi connectivity index (χ1n) is 7.32. The molecule has 20 heavy (non-hydrogen) atoms. The molecule has 2 rings (SSSR count). The zero-order chi connectivity index (χ0) is 14.4. The number of rotatable bonds is 7. The first kappa shape index (κ1) is 14.7. The summed E-state index contributed by atoms with van der Waals surface area (Å²) in [5.74, 6) is 0.444. The van der Waals surface area contributed by atoms with Gasteiger partial charge in [-0.15, -0.1) is 5.10 Å². The Morgan fingerprint density at radius 3 is 2.75 bits per heavy atom. The van der Waals surface area contributed by atoms with Crippen LogP contribution in [-0.2, 0) is 13.5 Å². The van der Waals surface area contributed by atoms with Gasteiger partial charge in [0.25, 0.3) is 0 Å². The molecule has 0 bridgehead atoms. The van der Waals surface area contributed by atoms with Crippen LogP contribution in [0.4, 0.5) is 0 Å². The highest BCUT2D eigenvalue weighted by molar-refractivity contribution is 5.30. The lowest BCUT2D eigenvalue weighted by molar-refractivity contribution is 0.569. The third-order valence-electron chi connectivity index (χ3n) is 3.55. The number of nitrogens with zero attached hydrogens (tertiary/aromatic N) is 3. The average molecular weight is 272 g/mol. The molecule has 2 aromatic rings. The Bertz CT molecular complexity index is 533. The van der Waals surface area contributed by atoms with Crippen molar-refractivity contribution in [3.63, 3.8) is 0 Å². The maximum absolute atomic E-state index is 4.22. The highest BCUT2D eigenvalue weighted by Gasteiger charge is 2.15. The normalized spacial score (nSPS) is 12.6. The van der Waals surface area contributed by atoms with Gasteiger partial charge in [0.05, 0.1) is 5.69 Å². The van der Waals surface area contributed by atoms with E-state index in [2.05, 4.69) is 53.7 Å². The third-order valence-corrected chi connectivity index (χ3v) is 3.55. The van der Waals surface area contributed by atoms with Crippen LogP contribution in [0.1, 0.15) is 36.1 Å². The van der Waals surface area contributed by atoms with E-state index in [9.17, 15) is 0 Å². The molecule has 0 radical (unpaired) electrons. The van der Waals surface area contributed by atoms with Gasteiger partial charge >= 0.3 is 0 Å². The Balaban J connectivity index is 2.13. The molecule has 1 aromatic carbocycles. The van der Waals surface area contributed by atoms with E-state index in [0.717, 1.165) is 31.6 Å². The molecular formula is C16H24N4. The minimum Gasteiger partial charge on any atom is -0.316 e. The molecular weight excluding hydrogens is 248 g/mol. The van der Waals surface area contributed by atoms with Crippen molar-refractivity contribution in [1.29, 1.82) is 0 Å². The second-order valence-electron chi connectivity index (χ2n) is 5.35. The summed E-state index contributed by atoms with van der Waals surface area (Å²) < 4.78 is 1.77. The van der Waals surface area contributed by atoms with Crippen LogP contribution in [0.25, 0.3) is 0 Å². The Labute approximate surface area is 121 Å². The molecule has 108 valence electrons. The van der Waals surface area contributed by atoms with E-state index in [1.165, 1.54) is 11.1 Å². The molecule has 0 aliphatic heterocycles. The van der Waals surface area contributed by atoms with E-state index >= 15 is 0 Å². The van der Waals surface area contributed by atoms with Gasteiger partial charge in [-0.05, 0) is 31.0 Å². The van der Waals surface area contributed by atoms with Gasteiger partial charge in [-0.2, -0.15) is 0 Å². The van der Waals surface area contributed by atoms with Gasteiger partial charge in [0.15, 0.2) is 0 Å². The summed E-state index contributed by atoms with van der Waals surface area (Å²) in [6, 6.07) is 8.62. The predicted octanol–water partition coefficient (Wildman–Crippen LogP) is 2.45. The monoisotopic (exact) mass is 272 g/mol. The van der Waals surface area contributed by atoms with Gasteiger partial charge in [-0.1, -0.05) is 36.4 Å². The smallest absolute Gasteiger partial charge is 0.0833 e. The summed E-state index contributed by atoms with van der Waals surface area (Å²) >= 11 is 0. The van der Waals surface area contributed by atoms with E-state index in [4.69, 9.17) is 0 Å². The van der Waals surface area contributed by atoms with Gasteiger partial charge in [0, 0.05) is 32.1 Å². The minimum absolute atomic E-state index is 0.444. The molecule has 0 saturated heterocycles. The van der Waals surface area contributed by atoms with Crippen molar-refractivity contribution in [3.8, 4) is 0 Å². The van der Waals surface area contributed by atoms with Crippen LogP contribution in [0.2, 0.25) is 0 Å². The van der Waals surface area contributed by atoms with Crippen molar-refractivity contribution in [1.82, 2.24) is 20.3 Å². The van der Waals surface area contributed by atoms with Crippen LogP contribution in [-0.4, -0.2) is 28.1 Å². The van der Waals surface area contributed by atoms with Crippen LogP contribution < -0.4 is 5.32 Å². The molecule has 0 aliphatic carbocycles. The van der Waals surface area contributed by atoms with E-state index in [0.29, 0.717) is 5.92 Å². The largest absolute Gasteiger partial charge is 0.316 e. The van der Waals surface area contributed by atoms with Gasteiger partial charge in [-0.25, -0.2) is 0 Å². The second-order valence-corrected chi connectivity index (χ2v) is 5.35. The lowest BCUT2D eigenvalue weighted by Gasteiger charge is -2.19. The lowest BCUT2D eigenvalue weighted by atomic mass is 9.91. The number of nitrogens with one attached hydrogen (secondary N) is 1. The van der Waals surface area contributed by atoms with Gasteiger partial charge in [0.2, 0.25) is 0 Å². The fourth-order valence-corrected chi connectivity index (χ4v) is 2.53. The van der Waals surface area contributed by atoms with Gasteiger partial charge in [-0.3, -0.25) is 4.68 Å². The van der Waals surface area contributed by atoms with Crippen LogP contribution >= 0.6 is 0 Å². The molecule has 4 heteroatoms. The molecule has 0 spiro atoms.